The van der Waals surface area contributed by atoms with E-state index in [4.69, 9.17) is 15.1 Å². The highest BCUT2D eigenvalue weighted by Crippen LogP contribution is 2.33. The highest BCUT2D eigenvalue weighted by Gasteiger charge is 2.38. The lowest BCUT2D eigenvalue weighted by Crippen LogP contribution is -2.30. The number of hydrogen-bond acceptors (Lipinski definition) is 4. The van der Waals surface area contributed by atoms with Gasteiger partial charge >= 0.3 is 7.12 Å². The molecule has 18 heavy (non-hydrogen) atoms. The molecule has 2 rings (SSSR count). The van der Waals surface area contributed by atoms with Gasteiger partial charge in [0.1, 0.15) is 5.75 Å². The van der Waals surface area contributed by atoms with E-state index in [1.165, 1.54) is 0 Å². The van der Waals surface area contributed by atoms with E-state index in [2.05, 4.69) is 22.9 Å². The minimum absolute atomic E-state index is 0.279. The average molecular weight is 314 g/mol. The van der Waals surface area contributed by atoms with E-state index in [1.807, 2.05) is 12.1 Å². The first kappa shape index (κ1) is 13.9. The molecule has 98 valence electrons. The fourth-order valence-electron chi connectivity index (χ4n) is 2.09. The summed E-state index contributed by atoms with van der Waals surface area (Å²) >= 11 is 3.47. The maximum atomic E-state index is 9.97. The van der Waals surface area contributed by atoms with E-state index in [-0.39, 0.29) is 6.10 Å². The third-order valence-electron chi connectivity index (χ3n) is 3.03. The summed E-state index contributed by atoms with van der Waals surface area (Å²) in [7, 11) is -0.956. The molecule has 1 heterocycles. The van der Waals surface area contributed by atoms with E-state index in [0.29, 0.717) is 24.4 Å². The van der Waals surface area contributed by atoms with Gasteiger partial charge < -0.3 is 20.1 Å². The van der Waals surface area contributed by atoms with Crippen LogP contribution in [-0.2, 0) is 4.65 Å². The van der Waals surface area contributed by atoms with Crippen molar-refractivity contribution >= 4 is 28.5 Å². The zero-order valence-corrected chi connectivity index (χ0v) is 11.9. The van der Waals surface area contributed by atoms with Crippen molar-refractivity contribution in [1.29, 1.82) is 0 Å². The molecule has 0 saturated carbocycles. The molecule has 1 aliphatic heterocycles. The molecular weight excluding hydrogens is 297 g/mol. The fraction of sp³-hybridized carbons (Fsp3) is 0.500. The third kappa shape index (κ3) is 2.57. The Hall–Kier alpha value is -0.555. The van der Waals surface area contributed by atoms with Crippen molar-refractivity contribution in [2.24, 2.45) is 5.73 Å². The topological polar surface area (TPSA) is 64.7 Å². The van der Waals surface area contributed by atoms with E-state index >= 15 is 0 Å². The predicted octanol–water partition coefficient (Wildman–Crippen LogP) is 1.35. The second kappa shape index (κ2) is 6.06. The van der Waals surface area contributed by atoms with Crippen molar-refractivity contribution in [1.82, 2.24) is 0 Å². The highest BCUT2D eigenvalue weighted by atomic mass is 79.9. The van der Waals surface area contributed by atoms with Crippen LogP contribution in [0.25, 0.3) is 0 Å². The van der Waals surface area contributed by atoms with Crippen molar-refractivity contribution in [2.45, 2.75) is 25.9 Å². The van der Waals surface area contributed by atoms with E-state index in [1.54, 1.807) is 0 Å². The van der Waals surface area contributed by atoms with Crippen molar-refractivity contribution < 1.29 is 14.4 Å². The van der Waals surface area contributed by atoms with Gasteiger partial charge in [0.25, 0.3) is 0 Å². The first-order valence-corrected chi connectivity index (χ1v) is 6.97. The Labute approximate surface area is 116 Å². The summed E-state index contributed by atoms with van der Waals surface area (Å²) in [6.07, 6.45) is 1.78. The lowest BCUT2D eigenvalue weighted by molar-refractivity contribution is 0.197. The Balaban J connectivity index is 2.31. The lowest BCUT2D eigenvalue weighted by Gasteiger charge is -2.13. The monoisotopic (exact) mass is 313 g/mol. The first-order valence-electron chi connectivity index (χ1n) is 6.17. The Bertz CT molecular complexity index is 430. The molecule has 1 atom stereocenters. The first-order chi connectivity index (χ1) is 8.69. The SMILES string of the molecule is CCCCOc1ccc(Br)c2c1B(O)O[C@@H]2CN. The molecule has 1 aromatic rings. The summed E-state index contributed by atoms with van der Waals surface area (Å²) in [5.41, 5.74) is 7.26. The number of nitrogens with two attached hydrogens (primary N) is 1. The summed E-state index contributed by atoms with van der Waals surface area (Å²) in [6.45, 7) is 3.09. The number of halogens is 1. The van der Waals surface area contributed by atoms with E-state index in [0.717, 1.165) is 22.9 Å². The number of ether oxygens (including phenoxy) is 1. The maximum Gasteiger partial charge on any atom is 0.495 e. The molecular formula is C12H17BBrNO3. The second-order valence-corrected chi connectivity index (χ2v) is 5.14. The van der Waals surface area contributed by atoms with Crippen molar-refractivity contribution in [2.75, 3.05) is 13.2 Å². The number of unbranched alkanes of at least 4 members (excludes halogenated alkanes) is 1. The predicted molar refractivity (Wildman–Crippen MR) is 75.0 cm³/mol. The molecule has 1 aliphatic rings. The van der Waals surface area contributed by atoms with Gasteiger partial charge in [0.05, 0.1) is 12.7 Å². The van der Waals surface area contributed by atoms with E-state index in [9.17, 15) is 5.02 Å². The van der Waals surface area contributed by atoms with Gasteiger partial charge in [-0.2, -0.15) is 0 Å². The summed E-state index contributed by atoms with van der Waals surface area (Å²) in [6, 6.07) is 3.76. The number of hydrogen-bond donors (Lipinski definition) is 2. The molecule has 6 heteroatoms. The van der Waals surface area contributed by atoms with Crippen molar-refractivity contribution in [3.63, 3.8) is 0 Å². The van der Waals surface area contributed by atoms with Crippen molar-refractivity contribution in [3.8, 4) is 5.75 Å². The third-order valence-corrected chi connectivity index (χ3v) is 3.72. The lowest BCUT2D eigenvalue weighted by atomic mass is 9.78. The van der Waals surface area contributed by atoms with Crippen LogP contribution >= 0.6 is 15.9 Å². The van der Waals surface area contributed by atoms with Gasteiger partial charge in [0.15, 0.2) is 0 Å². The molecule has 0 spiro atoms. The smallest absolute Gasteiger partial charge is 0.494 e. The number of rotatable bonds is 5. The van der Waals surface area contributed by atoms with Gasteiger partial charge in [-0.15, -0.1) is 0 Å². The molecule has 3 N–H and O–H groups in total. The van der Waals surface area contributed by atoms with Crippen LogP contribution in [0.3, 0.4) is 0 Å². The molecule has 1 aromatic carbocycles. The maximum absolute atomic E-state index is 9.97. The van der Waals surface area contributed by atoms with Gasteiger partial charge in [-0.05, 0) is 24.1 Å². The Morgan fingerprint density at radius 2 is 2.33 bits per heavy atom. The van der Waals surface area contributed by atoms with Crippen LogP contribution in [-0.4, -0.2) is 25.3 Å². The highest BCUT2D eigenvalue weighted by molar-refractivity contribution is 9.10. The Morgan fingerprint density at radius 1 is 1.56 bits per heavy atom. The molecule has 0 saturated heterocycles. The molecule has 0 unspecified atom stereocenters. The summed E-state index contributed by atoms with van der Waals surface area (Å²) in [5.74, 6) is 0.685. The van der Waals surface area contributed by atoms with Crippen LogP contribution < -0.4 is 15.9 Å². The number of fused-ring (bicyclic) bond motifs is 1. The molecule has 0 aliphatic carbocycles. The van der Waals surface area contributed by atoms with Gasteiger partial charge in [-0.1, -0.05) is 29.3 Å². The molecule has 0 amide bonds. The van der Waals surface area contributed by atoms with Gasteiger partial charge in [0.2, 0.25) is 0 Å². The van der Waals surface area contributed by atoms with Gasteiger partial charge in [0, 0.05) is 16.5 Å². The Morgan fingerprint density at radius 3 is 3.00 bits per heavy atom. The van der Waals surface area contributed by atoms with Crippen LogP contribution in [0.1, 0.15) is 31.4 Å². The van der Waals surface area contributed by atoms with Crippen LogP contribution in [0, 0.1) is 0 Å². The van der Waals surface area contributed by atoms with E-state index < -0.39 is 7.12 Å². The molecule has 0 bridgehead atoms. The largest absolute Gasteiger partial charge is 0.495 e. The van der Waals surface area contributed by atoms with Crippen molar-refractivity contribution in [3.05, 3.63) is 22.2 Å². The van der Waals surface area contributed by atoms with Crippen LogP contribution in [0.15, 0.2) is 16.6 Å². The summed E-state index contributed by atoms with van der Waals surface area (Å²) in [5, 5.41) is 9.97. The number of benzene rings is 1. The fourth-order valence-corrected chi connectivity index (χ4v) is 2.69. The zero-order valence-electron chi connectivity index (χ0n) is 10.4. The standard InChI is InChI=1S/C12H17BBrNO3/c1-2-3-6-17-9-5-4-8(14)11-10(7-15)18-13(16)12(9)11/h4-5,10,16H,2-3,6-7,15H2,1H3/t10-/m1/s1. The average Bonchev–Trinajstić information content (AvgIpc) is 2.71. The summed E-state index contributed by atoms with van der Waals surface area (Å²) in [4.78, 5) is 0. The van der Waals surface area contributed by atoms with Crippen LogP contribution in [0.4, 0.5) is 0 Å². The second-order valence-electron chi connectivity index (χ2n) is 4.29. The molecule has 0 aromatic heterocycles. The molecule has 0 radical (unpaired) electrons. The van der Waals surface area contributed by atoms with Gasteiger partial charge in [-0.3, -0.25) is 0 Å². The molecule has 0 fully saturated rings. The quantitative estimate of drug-likeness (QED) is 0.636. The minimum Gasteiger partial charge on any atom is -0.494 e. The minimum atomic E-state index is -0.956. The normalized spacial score (nSPS) is 18.0. The zero-order chi connectivity index (χ0) is 13.1. The Kier molecular flexibility index (Phi) is 4.67. The summed E-state index contributed by atoms with van der Waals surface area (Å²) < 4.78 is 12.0. The van der Waals surface area contributed by atoms with Gasteiger partial charge in [-0.25, -0.2) is 0 Å². The molecule has 4 nitrogen and oxygen atoms in total. The van der Waals surface area contributed by atoms with Crippen LogP contribution in [0.5, 0.6) is 5.75 Å². The van der Waals surface area contributed by atoms with Crippen LogP contribution in [0.2, 0.25) is 0 Å².